The Morgan fingerprint density at radius 2 is 1.64 bits per heavy atom. The van der Waals surface area contributed by atoms with Crippen LogP contribution in [0.25, 0.3) is 0 Å². The van der Waals surface area contributed by atoms with Gasteiger partial charge in [-0.1, -0.05) is 24.3 Å². The van der Waals surface area contributed by atoms with Crippen molar-refractivity contribution in [1.82, 2.24) is 14.5 Å². The molecule has 9 nitrogen and oxygen atoms in total. The van der Waals surface area contributed by atoms with Gasteiger partial charge in [0.2, 0.25) is 10.0 Å². The first-order valence-corrected chi connectivity index (χ1v) is 12.2. The maximum atomic E-state index is 13.1. The Balaban J connectivity index is 1.58. The molecule has 3 rings (SSSR count). The third-order valence-electron chi connectivity index (χ3n) is 5.53. The first-order chi connectivity index (χ1) is 15.9. The van der Waals surface area contributed by atoms with Crippen molar-refractivity contribution in [3.05, 3.63) is 53.6 Å². The Bertz CT molecular complexity index is 1050. The fourth-order valence-electron chi connectivity index (χ4n) is 3.62. The number of urea groups is 1. The molecule has 0 radical (unpaired) electrons. The number of piperazine rings is 1. The molecule has 0 unspecified atom stereocenters. The maximum absolute atomic E-state index is 13.1. The van der Waals surface area contributed by atoms with E-state index in [4.69, 9.17) is 14.2 Å². The molecule has 0 bridgehead atoms. The third kappa shape index (κ3) is 5.95. The van der Waals surface area contributed by atoms with Gasteiger partial charge in [-0.05, 0) is 30.2 Å². The standard InChI is InChI=1S/C23H31N3O6S/c1-4-32-17-19-8-6-5-7-18(19)16-24-23(27)25-11-13-26(14-12-25)33(28,29)20-9-10-21(30-2)22(15-20)31-3/h5-10,15H,4,11-14,16-17H2,1-3H3,(H,24,27). The third-order valence-corrected chi connectivity index (χ3v) is 7.42. The monoisotopic (exact) mass is 477 g/mol. The molecule has 1 aliphatic heterocycles. The van der Waals surface area contributed by atoms with Crippen LogP contribution in [0.1, 0.15) is 18.1 Å². The molecule has 180 valence electrons. The van der Waals surface area contributed by atoms with E-state index in [1.54, 1.807) is 11.0 Å². The smallest absolute Gasteiger partial charge is 0.317 e. The number of ether oxygens (including phenoxy) is 3. The highest BCUT2D eigenvalue weighted by Gasteiger charge is 2.30. The molecule has 2 amide bonds. The molecule has 1 fully saturated rings. The second-order valence-electron chi connectivity index (χ2n) is 7.47. The number of carbonyl (C=O) groups excluding carboxylic acids is 1. The zero-order valence-corrected chi connectivity index (χ0v) is 20.1. The summed E-state index contributed by atoms with van der Waals surface area (Å²) in [6, 6.07) is 12.1. The van der Waals surface area contributed by atoms with Crippen LogP contribution in [0.3, 0.4) is 0 Å². The SMILES string of the molecule is CCOCc1ccccc1CNC(=O)N1CCN(S(=O)(=O)c2ccc(OC)c(OC)c2)CC1. The van der Waals surface area contributed by atoms with Gasteiger partial charge in [0, 0.05) is 45.4 Å². The molecule has 2 aromatic carbocycles. The van der Waals surface area contributed by atoms with Crippen molar-refractivity contribution in [2.24, 2.45) is 0 Å². The van der Waals surface area contributed by atoms with E-state index < -0.39 is 10.0 Å². The average molecular weight is 478 g/mol. The molecule has 0 aliphatic carbocycles. The zero-order valence-electron chi connectivity index (χ0n) is 19.2. The van der Waals surface area contributed by atoms with Crippen molar-refractivity contribution in [3.8, 4) is 11.5 Å². The van der Waals surface area contributed by atoms with Gasteiger partial charge in [0.1, 0.15) is 0 Å². The summed E-state index contributed by atoms with van der Waals surface area (Å²) in [6.45, 7) is 4.47. The van der Waals surface area contributed by atoms with Gasteiger partial charge < -0.3 is 24.4 Å². The second-order valence-corrected chi connectivity index (χ2v) is 9.41. The minimum atomic E-state index is -3.71. The van der Waals surface area contributed by atoms with E-state index in [2.05, 4.69) is 5.32 Å². The summed E-state index contributed by atoms with van der Waals surface area (Å²) in [7, 11) is -0.760. The topological polar surface area (TPSA) is 97.4 Å². The van der Waals surface area contributed by atoms with Crippen LogP contribution in [0.2, 0.25) is 0 Å². The quantitative estimate of drug-likeness (QED) is 0.596. The van der Waals surface area contributed by atoms with Crippen LogP contribution in [0, 0.1) is 0 Å². The Labute approximate surface area is 195 Å². The lowest BCUT2D eigenvalue weighted by atomic mass is 10.1. The fourth-order valence-corrected chi connectivity index (χ4v) is 5.06. The average Bonchev–Trinajstić information content (AvgIpc) is 2.86. The Morgan fingerprint density at radius 1 is 0.970 bits per heavy atom. The van der Waals surface area contributed by atoms with E-state index in [1.807, 2.05) is 31.2 Å². The van der Waals surface area contributed by atoms with E-state index in [0.717, 1.165) is 11.1 Å². The molecule has 0 spiro atoms. The molecule has 33 heavy (non-hydrogen) atoms. The molecule has 1 saturated heterocycles. The van der Waals surface area contributed by atoms with Crippen LogP contribution >= 0.6 is 0 Å². The summed E-state index contributed by atoms with van der Waals surface area (Å²) < 4.78 is 43.4. The van der Waals surface area contributed by atoms with E-state index in [9.17, 15) is 13.2 Å². The molecule has 1 aliphatic rings. The molecule has 1 N–H and O–H groups in total. The first-order valence-electron chi connectivity index (χ1n) is 10.8. The van der Waals surface area contributed by atoms with Gasteiger partial charge in [-0.2, -0.15) is 4.31 Å². The Hall–Kier alpha value is -2.82. The lowest BCUT2D eigenvalue weighted by molar-refractivity contribution is 0.133. The minimum Gasteiger partial charge on any atom is -0.493 e. The summed E-state index contributed by atoms with van der Waals surface area (Å²) in [6.07, 6.45) is 0. The van der Waals surface area contributed by atoms with Gasteiger partial charge in [0.15, 0.2) is 11.5 Å². The van der Waals surface area contributed by atoms with Gasteiger partial charge in [-0.3, -0.25) is 0 Å². The minimum absolute atomic E-state index is 0.129. The summed E-state index contributed by atoms with van der Waals surface area (Å²) in [5, 5.41) is 2.93. The molecule has 1 heterocycles. The molecular formula is C23H31N3O6S. The number of nitrogens with zero attached hydrogens (tertiary/aromatic N) is 2. The van der Waals surface area contributed by atoms with E-state index in [0.29, 0.717) is 44.3 Å². The van der Waals surface area contributed by atoms with Crippen LogP contribution in [0.15, 0.2) is 47.4 Å². The van der Waals surface area contributed by atoms with Crippen molar-refractivity contribution >= 4 is 16.1 Å². The van der Waals surface area contributed by atoms with Crippen LogP contribution < -0.4 is 14.8 Å². The molecule has 10 heteroatoms. The predicted molar refractivity (Wildman–Crippen MR) is 124 cm³/mol. The molecule has 2 aromatic rings. The van der Waals surface area contributed by atoms with E-state index in [-0.39, 0.29) is 24.0 Å². The molecule has 0 atom stereocenters. The lowest BCUT2D eigenvalue weighted by Gasteiger charge is -2.34. The second kappa shape index (κ2) is 11.4. The molecular weight excluding hydrogens is 446 g/mol. The van der Waals surface area contributed by atoms with Crippen molar-refractivity contribution in [1.29, 1.82) is 0 Å². The molecule has 0 aromatic heterocycles. The number of hydrogen-bond acceptors (Lipinski definition) is 6. The fraction of sp³-hybridized carbons (Fsp3) is 0.435. The van der Waals surface area contributed by atoms with Crippen LogP contribution in [0.4, 0.5) is 4.79 Å². The van der Waals surface area contributed by atoms with Gasteiger partial charge in [0.25, 0.3) is 0 Å². The molecule has 0 saturated carbocycles. The Morgan fingerprint density at radius 3 is 2.27 bits per heavy atom. The van der Waals surface area contributed by atoms with Crippen LogP contribution in [-0.2, 0) is 27.9 Å². The summed E-state index contributed by atoms with van der Waals surface area (Å²) in [5.41, 5.74) is 2.03. The van der Waals surface area contributed by atoms with Crippen LogP contribution in [-0.4, -0.2) is 70.7 Å². The predicted octanol–water partition coefficient (Wildman–Crippen LogP) is 2.46. The number of sulfonamides is 1. The highest BCUT2D eigenvalue weighted by molar-refractivity contribution is 7.89. The van der Waals surface area contributed by atoms with Gasteiger partial charge in [-0.25, -0.2) is 13.2 Å². The number of carbonyl (C=O) groups is 1. The number of rotatable bonds is 9. The highest BCUT2D eigenvalue weighted by atomic mass is 32.2. The summed E-state index contributed by atoms with van der Waals surface area (Å²) >= 11 is 0. The van der Waals surface area contributed by atoms with Crippen molar-refractivity contribution in [2.45, 2.75) is 25.0 Å². The number of amides is 2. The number of nitrogens with one attached hydrogen (secondary N) is 1. The normalized spacial score (nSPS) is 14.7. The largest absolute Gasteiger partial charge is 0.493 e. The van der Waals surface area contributed by atoms with Crippen molar-refractivity contribution in [2.75, 3.05) is 47.0 Å². The van der Waals surface area contributed by atoms with Crippen LogP contribution in [0.5, 0.6) is 11.5 Å². The number of methoxy groups -OCH3 is 2. The van der Waals surface area contributed by atoms with Gasteiger partial charge in [-0.15, -0.1) is 0 Å². The highest BCUT2D eigenvalue weighted by Crippen LogP contribution is 2.30. The first kappa shape index (κ1) is 24.8. The summed E-state index contributed by atoms with van der Waals surface area (Å²) in [5.74, 6) is 0.807. The van der Waals surface area contributed by atoms with E-state index in [1.165, 1.54) is 30.7 Å². The maximum Gasteiger partial charge on any atom is 0.317 e. The lowest BCUT2D eigenvalue weighted by Crippen LogP contribution is -2.53. The summed E-state index contributed by atoms with van der Waals surface area (Å²) in [4.78, 5) is 14.4. The van der Waals surface area contributed by atoms with E-state index >= 15 is 0 Å². The van der Waals surface area contributed by atoms with Gasteiger partial charge in [0.05, 0.1) is 25.7 Å². The van der Waals surface area contributed by atoms with Crippen molar-refractivity contribution in [3.63, 3.8) is 0 Å². The Kier molecular flexibility index (Phi) is 8.54. The zero-order chi connectivity index (χ0) is 23.8. The van der Waals surface area contributed by atoms with Crippen molar-refractivity contribution < 1.29 is 27.4 Å². The van der Waals surface area contributed by atoms with Gasteiger partial charge >= 0.3 is 6.03 Å². The number of benzene rings is 2. The number of hydrogen-bond donors (Lipinski definition) is 1.